The van der Waals surface area contributed by atoms with Crippen LogP contribution in [-0.4, -0.2) is 16.1 Å². The molecule has 0 spiro atoms. The van der Waals surface area contributed by atoms with E-state index in [-0.39, 0.29) is 11.9 Å². The molecule has 4 nitrogen and oxygen atoms in total. The van der Waals surface area contributed by atoms with Crippen molar-refractivity contribution in [1.82, 2.24) is 9.97 Å². The Morgan fingerprint density at radius 2 is 2.04 bits per heavy atom. The highest BCUT2D eigenvalue weighted by Crippen LogP contribution is 2.34. The van der Waals surface area contributed by atoms with Crippen molar-refractivity contribution in [2.45, 2.75) is 31.8 Å². The lowest BCUT2D eigenvalue weighted by Crippen LogP contribution is -2.12. The zero-order valence-corrected chi connectivity index (χ0v) is 13.3. The Balaban J connectivity index is 1.66. The molecule has 1 fully saturated rings. The molecule has 1 N–H and O–H groups in total. The van der Waals surface area contributed by atoms with Gasteiger partial charge in [0.25, 0.3) is 0 Å². The fraction of sp³-hybridized carbons (Fsp3) is 0.294. The van der Waals surface area contributed by atoms with Crippen molar-refractivity contribution in [2.75, 3.05) is 5.32 Å². The summed E-state index contributed by atoms with van der Waals surface area (Å²) in [5.41, 5.74) is 1.62. The molecule has 0 saturated heterocycles. The summed E-state index contributed by atoms with van der Waals surface area (Å²) in [6, 6.07) is 6.51. The number of hydrogen-bond acceptors (Lipinski definition) is 5. The summed E-state index contributed by atoms with van der Waals surface area (Å²) in [5.74, 6) is 0.959. The zero-order valence-electron chi connectivity index (χ0n) is 12.5. The van der Waals surface area contributed by atoms with Gasteiger partial charge in [-0.15, -0.1) is 11.3 Å². The normalized spacial score (nSPS) is 15.2. The molecule has 0 atom stereocenters. The van der Waals surface area contributed by atoms with Crippen molar-refractivity contribution in [2.24, 2.45) is 0 Å². The predicted octanol–water partition coefficient (Wildman–Crippen LogP) is 4.90. The molecular weight excluding hydrogens is 313 g/mol. The molecule has 0 unspecified atom stereocenters. The minimum Gasteiger partial charge on any atom is -0.488 e. The number of anilines is 2. The van der Waals surface area contributed by atoms with Gasteiger partial charge in [-0.1, -0.05) is 0 Å². The lowest BCUT2D eigenvalue weighted by Gasteiger charge is -2.17. The Hall–Kier alpha value is -2.21. The van der Waals surface area contributed by atoms with Gasteiger partial charge < -0.3 is 10.1 Å². The molecule has 3 aromatic rings. The van der Waals surface area contributed by atoms with E-state index in [1.165, 1.54) is 31.3 Å². The molecule has 1 aliphatic carbocycles. The van der Waals surface area contributed by atoms with Crippen molar-refractivity contribution in [3.63, 3.8) is 0 Å². The molecule has 1 aliphatic rings. The number of nitrogens with one attached hydrogen (secondary N) is 1. The van der Waals surface area contributed by atoms with Crippen LogP contribution in [0.4, 0.5) is 15.9 Å². The van der Waals surface area contributed by atoms with Gasteiger partial charge in [0.2, 0.25) is 0 Å². The number of hydrogen-bond donors (Lipinski definition) is 1. The quantitative estimate of drug-likeness (QED) is 0.740. The number of rotatable bonds is 4. The minimum atomic E-state index is -0.299. The first-order valence-electron chi connectivity index (χ1n) is 7.71. The first-order chi connectivity index (χ1) is 11.3. The molecule has 0 amide bonds. The Morgan fingerprint density at radius 1 is 1.17 bits per heavy atom. The molecule has 1 aromatic carbocycles. The van der Waals surface area contributed by atoms with Crippen LogP contribution >= 0.6 is 11.3 Å². The predicted molar refractivity (Wildman–Crippen MR) is 90.0 cm³/mol. The summed E-state index contributed by atoms with van der Waals surface area (Å²) < 4.78 is 20.6. The zero-order chi connectivity index (χ0) is 15.6. The number of benzene rings is 1. The molecule has 0 aliphatic heterocycles. The third kappa shape index (κ3) is 2.99. The molecule has 2 heterocycles. The molecule has 1 saturated carbocycles. The molecule has 23 heavy (non-hydrogen) atoms. The van der Waals surface area contributed by atoms with Crippen LogP contribution in [-0.2, 0) is 0 Å². The Bertz CT molecular complexity index is 830. The first-order valence-corrected chi connectivity index (χ1v) is 8.59. The van der Waals surface area contributed by atoms with Gasteiger partial charge in [-0.25, -0.2) is 14.4 Å². The third-order valence-corrected chi connectivity index (χ3v) is 4.95. The van der Waals surface area contributed by atoms with E-state index < -0.39 is 0 Å². The van der Waals surface area contributed by atoms with E-state index >= 15 is 0 Å². The van der Waals surface area contributed by atoms with Gasteiger partial charge in [-0.3, -0.25) is 0 Å². The number of fused-ring (bicyclic) bond motifs is 1. The fourth-order valence-corrected chi connectivity index (χ4v) is 3.68. The lowest BCUT2D eigenvalue weighted by molar-refractivity contribution is 0.210. The largest absolute Gasteiger partial charge is 0.488 e. The summed E-state index contributed by atoms with van der Waals surface area (Å²) >= 11 is 1.57. The van der Waals surface area contributed by atoms with E-state index in [2.05, 4.69) is 15.3 Å². The number of nitrogens with zero attached hydrogens (tertiary/aromatic N) is 2. The van der Waals surface area contributed by atoms with Crippen molar-refractivity contribution in [3.05, 3.63) is 41.8 Å². The smallest absolute Gasteiger partial charge is 0.151 e. The van der Waals surface area contributed by atoms with Crippen LogP contribution in [0.2, 0.25) is 0 Å². The molecule has 0 radical (unpaired) electrons. The van der Waals surface area contributed by atoms with Crippen LogP contribution in [0.25, 0.3) is 10.2 Å². The second-order valence-corrected chi connectivity index (χ2v) is 6.56. The molecule has 0 bridgehead atoms. The highest BCUT2D eigenvalue weighted by Gasteiger charge is 2.19. The molecule has 4 rings (SSSR count). The van der Waals surface area contributed by atoms with Crippen LogP contribution < -0.4 is 10.1 Å². The SMILES string of the molecule is Fc1ccc(Nc2ncnc3ccsc23)c(OC2CCCC2)c1. The van der Waals surface area contributed by atoms with Gasteiger partial charge >= 0.3 is 0 Å². The maximum Gasteiger partial charge on any atom is 0.151 e. The Morgan fingerprint density at radius 3 is 2.91 bits per heavy atom. The number of ether oxygens (including phenoxy) is 1. The number of aromatic nitrogens is 2. The van der Waals surface area contributed by atoms with E-state index in [0.717, 1.165) is 28.7 Å². The molecular formula is C17H16FN3OS. The maximum absolute atomic E-state index is 13.6. The van der Waals surface area contributed by atoms with Crippen molar-refractivity contribution < 1.29 is 9.13 Å². The van der Waals surface area contributed by atoms with E-state index in [0.29, 0.717) is 11.6 Å². The molecule has 6 heteroatoms. The average molecular weight is 329 g/mol. The van der Waals surface area contributed by atoms with Gasteiger partial charge in [0, 0.05) is 6.07 Å². The second-order valence-electron chi connectivity index (χ2n) is 5.65. The molecule has 2 aromatic heterocycles. The maximum atomic E-state index is 13.6. The van der Waals surface area contributed by atoms with Gasteiger partial charge in [-0.05, 0) is 49.3 Å². The summed E-state index contributed by atoms with van der Waals surface area (Å²) in [5, 5.41) is 5.25. The van der Waals surface area contributed by atoms with Crippen LogP contribution in [0.1, 0.15) is 25.7 Å². The van der Waals surface area contributed by atoms with E-state index in [9.17, 15) is 4.39 Å². The summed E-state index contributed by atoms with van der Waals surface area (Å²) in [4.78, 5) is 8.54. The van der Waals surface area contributed by atoms with Gasteiger partial charge in [-0.2, -0.15) is 0 Å². The standard InChI is InChI=1S/C17H16FN3OS/c18-11-5-6-13(15(9-11)22-12-3-1-2-4-12)21-17-16-14(7-8-23-16)19-10-20-17/h5-10,12H,1-4H2,(H,19,20,21). The van der Waals surface area contributed by atoms with Crippen LogP contribution in [0.15, 0.2) is 36.0 Å². The van der Waals surface area contributed by atoms with Crippen LogP contribution in [0.3, 0.4) is 0 Å². The van der Waals surface area contributed by atoms with E-state index in [1.54, 1.807) is 17.4 Å². The minimum absolute atomic E-state index is 0.171. The second kappa shape index (κ2) is 6.12. The lowest BCUT2D eigenvalue weighted by atomic mass is 10.2. The first kappa shape index (κ1) is 14.4. The summed E-state index contributed by atoms with van der Waals surface area (Å²) in [6.07, 6.45) is 6.09. The average Bonchev–Trinajstić information content (AvgIpc) is 3.21. The van der Waals surface area contributed by atoms with Crippen LogP contribution in [0, 0.1) is 5.82 Å². The summed E-state index contributed by atoms with van der Waals surface area (Å²) in [7, 11) is 0. The van der Waals surface area contributed by atoms with Crippen molar-refractivity contribution in [3.8, 4) is 5.75 Å². The summed E-state index contributed by atoms with van der Waals surface area (Å²) in [6.45, 7) is 0. The monoisotopic (exact) mass is 329 g/mol. The van der Waals surface area contributed by atoms with Gasteiger partial charge in [0.15, 0.2) is 5.82 Å². The van der Waals surface area contributed by atoms with Crippen molar-refractivity contribution in [1.29, 1.82) is 0 Å². The van der Waals surface area contributed by atoms with E-state index in [1.807, 2.05) is 11.4 Å². The van der Waals surface area contributed by atoms with Crippen molar-refractivity contribution >= 4 is 33.1 Å². The number of thiophene rings is 1. The van der Waals surface area contributed by atoms with Gasteiger partial charge in [0.1, 0.15) is 17.9 Å². The fourth-order valence-electron chi connectivity index (χ4n) is 2.89. The van der Waals surface area contributed by atoms with Gasteiger partial charge in [0.05, 0.1) is 22.0 Å². The van der Waals surface area contributed by atoms with E-state index in [4.69, 9.17) is 4.74 Å². The topological polar surface area (TPSA) is 47.0 Å². The third-order valence-electron chi connectivity index (χ3n) is 4.04. The number of halogens is 1. The Labute approximate surface area is 137 Å². The molecule has 118 valence electrons. The highest BCUT2D eigenvalue weighted by atomic mass is 32.1. The van der Waals surface area contributed by atoms with Crippen LogP contribution in [0.5, 0.6) is 5.75 Å². The Kier molecular flexibility index (Phi) is 3.83. The highest BCUT2D eigenvalue weighted by molar-refractivity contribution is 7.17.